The van der Waals surface area contributed by atoms with Crippen LogP contribution in [0.5, 0.6) is 0 Å². The molecule has 0 atom stereocenters. The molecule has 1 aliphatic rings. The Balaban J connectivity index is 2.14. The molecule has 0 N–H and O–H groups in total. The van der Waals surface area contributed by atoms with Crippen LogP contribution in [0.1, 0.15) is 39.5 Å². The Labute approximate surface area is 99.4 Å². The molecule has 16 heavy (non-hydrogen) atoms. The molecule has 1 rings (SSSR count). The third-order valence-electron chi connectivity index (χ3n) is 3.45. The number of likely N-dealkylation sites (tertiary alicyclic amines) is 1. The molecule has 0 spiro atoms. The SMILES string of the molecule is COC1CCN(CCCC(C)(C)C#N)CC1. The number of ether oxygens (including phenoxy) is 1. The lowest BCUT2D eigenvalue weighted by atomic mass is 9.89. The van der Waals surface area contributed by atoms with Gasteiger partial charge in [-0.1, -0.05) is 0 Å². The van der Waals surface area contributed by atoms with Crippen molar-refractivity contribution in [2.45, 2.75) is 45.6 Å². The van der Waals surface area contributed by atoms with E-state index in [9.17, 15) is 0 Å². The lowest BCUT2D eigenvalue weighted by Crippen LogP contribution is -2.37. The molecule has 1 aliphatic heterocycles. The summed E-state index contributed by atoms with van der Waals surface area (Å²) in [5.41, 5.74) is -0.162. The first-order valence-corrected chi connectivity index (χ1v) is 6.24. The van der Waals surface area contributed by atoms with Crippen molar-refractivity contribution in [3.63, 3.8) is 0 Å². The van der Waals surface area contributed by atoms with Crippen molar-refractivity contribution >= 4 is 0 Å². The van der Waals surface area contributed by atoms with Crippen LogP contribution >= 0.6 is 0 Å². The van der Waals surface area contributed by atoms with E-state index in [0.29, 0.717) is 6.10 Å². The van der Waals surface area contributed by atoms with Crippen molar-refractivity contribution in [1.29, 1.82) is 5.26 Å². The summed E-state index contributed by atoms with van der Waals surface area (Å²) in [5, 5.41) is 8.92. The summed E-state index contributed by atoms with van der Waals surface area (Å²) in [6, 6.07) is 2.36. The van der Waals surface area contributed by atoms with Gasteiger partial charge in [-0.25, -0.2) is 0 Å². The highest BCUT2D eigenvalue weighted by Crippen LogP contribution is 2.21. The highest BCUT2D eigenvalue weighted by Gasteiger charge is 2.20. The van der Waals surface area contributed by atoms with Crippen LogP contribution in [0.25, 0.3) is 0 Å². The number of piperidine rings is 1. The fourth-order valence-electron chi connectivity index (χ4n) is 2.17. The molecule has 1 heterocycles. The number of nitriles is 1. The van der Waals surface area contributed by atoms with E-state index in [0.717, 1.165) is 45.3 Å². The van der Waals surface area contributed by atoms with Gasteiger partial charge in [-0.2, -0.15) is 5.26 Å². The summed E-state index contributed by atoms with van der Waals surface area (Å²) >= 11 is 0. The Morgan fingerprint density at radius 2 is 2.00 bits per heavy atom. The van der Waals surface area contributed by atoms with Gasteiger partial charge in [-0.15, -0.1) is 0 Å². The van der Waals surface area contributed by atoms with E-state index in [1.54, 1.807) is 7.11 Å². The van der Waals surface area contributed by atoms with Crippen LogP contribution in [0.4, 0.5) is 0 Å². The lowest BCUT2D eigenvalue weighted by molar-refractivity contribution is 0.0402. The van der Waals surface area contributed by atoms with Gasteiger partial charge < -0.3 is 9.64 Å². The summed E-state index contributed by atoms with van der Waals surface area (Å²) < 4.78 is 5.35. The minimum atomic E-state index is -0.162. The van der Waals surface area contributed by atoms with Gasteiger partial charge in [0, 0.05) is 20.2 Å². The first-order chi connectivity index (χ1) is 7.57. The summed E-state index contributed by atoms with van der Waals surface area (Å²) in [6.45, 7) is 7.45. The zero-order valence-electron chi connectivity index (χ0n) is 10.8. The largest absolute Gasteiger partial charge is 0.381 e. The first kappa shape index (κ1) is 13.5. The second-order valence-corrected chi connectivity index (χ2v) is 5.38. The highest BCUT2D eigenvalue weighted by molar-refractivity contribution is 4.91. The molecule has 0 bridgehead atoms. The minimum absolute atomic E-state index is 0.162. The Kier molecular flexibility index (Phi) is 5.24. The van der Waals surface area contributed by atoms with Crippen LogP contribution < -0.4 is 0 Å². The van der Waals surface area contributed by atoms with E-state index in [4.69, 9.17) is 10.00 Å². The van der Waals surface area contributed by atoms with Gasteiger partial charge in [0.25, 0.3) is 0 Å². The van der Waals surface area contributed by atoms with Crippen molar-refractivity contribution in [3.05, 3.63) is 0 Å². The molecule has 3 heteroatoms. The molecule has 0 aromatic carbocycles. The van der Waals surface area contributed by atoms with Crippen LogP contribution in [0.15, 0.2) is 0 Å². The molecular formula is C13H24N2O. The van der Waals surface area contributed by atoms with Crippen LogP contribution in [-0.2, 0) is 4.74 Å². The molecule has 0 radical (unpaired) electrons. The van der Waals surface area contributed by atoms with E-state index in [2.05, 4.69) is 11.0 Å². The predicted octanol–water partition coefficient (Wildman–Crippen LogP) is 2.43. The Morgan fingerprint density at radius 3 is 2.50 bits per heavy atom. The van der Waals surface area contributed by atoms with Gasteiger partial charge in [0.05, 0.1) is 17.6 Å². The molecule has 0 saturated carbocycles. The average molecular weight is 224 g/mol. The molecule has 92 valence electrons. The number of methoxy groups -OCH3 is 1. The molecule has 1 fully saturated rings. The fourth-order valence-corrected chi connectivity index (χ4v) is 2.17. The van der Waals surface area contributed by atoms with Crippen molar-refractivity contribution in [1.82, 2.24) is 4.90 Å². The topological polar surface area (TPSA) is 36.3 Å². The molecule has 0 aliphatic carbocycles. The smallest absolute Gasteiger partial charge is 0.0683 e. The summed E-state index contributed by atoms with van der Waals surface area (Å²) in [7, 11) is 1.80. The standard InChI is InChI=1S/C13H24N2O/c1-13(2,11-14)7-4-8-15-9-5-12(16-3)6-10-15/h12H,4-10H2,1-3H3. The van der Waals surface area contributed by atoms with Gasteiger partial charge in [0.2, 0.25) is 0 Å². The molecule has 3 nitrogen and oxygen atoms in total. The normalized spacial score (nSPS) is 19.6. The van der Waals surface area contributed by atoms with Gasteiger partial charge in [-0.05, 0) is 46.1 Å². The second kappa shape index (κ2) is 6.22. The molecule has 0 aromatic rings. The van der Waals surface area contributed by atoms with E-state index in [-0.39, 0.29) is 5.41 Å². The monoisotopic (exact) mass is 224 g/mol. The number of hydrogen-bond donors (Lipinski definition) is 0. The minimum Gasteiger partial charge on any atom is -0.381 e. The summed E-state index contributed by atoms with van der Waals surface area (Å²) in [4.78, 5) is 2.49. The highest BCUT2D eigenvalue weighted by atomic mass is 16.5. The maximum Gasteiger partial charge on any atom is 0.0683 e. The Morgan fingerprint density at radius 1 is 1.38 bits per heavy atom. The van der Waals surface area contributed by atoms with Crippen LogP contribution in [0, 0.1) is 16.7 Å². The zero-order chi connectivity index (χ0) is 12.0. The Bertz CT molecular complexity index is 237. The maximum absolute atomic E-state index is 8.92. The average Bonchev–Trinajstić information content (AvgIpc) is 2.30. The molecule has 0 aromatic heterocycles. The van der Waals surface area contributed by atoms with Gasteiger partial charge >= 0.3 is 0 Å². The molecule has 0 unspecified atom stereocenters. The Hall–Kier alpha value is -0.590. The van der Waals surface area contributed by atoms with Crippen LogP contribution in [0.3, 0.4) is 0 Å². The van der Waals surface area contributed by atoms with E-state index in [1.165, 1.54) is 0 Å². The van der Waals surface area contributed by atoms with Gasteiger partial charge in [0.15, 0.2) is 0 Å². The number of hydrogen-bond acceptors (Lipinski definition) is 3. The zero-order valence-corrected chi connectivity index (χ0v) is 10.8. The number of nitrogens with zero attached hydrogens (tertiary/aromatic N) is 2. The van der Waals surface area contributed by atoms with E-state index < -0.39 is 0 Å². The van der Waals surface area contributed by atoms with Crippen molar-refractivity contribution in [2.24, 2.45) is 5.41 Å². The van der Waals surface area contributed by atoms with Crippen molar-refractivity contribution in [2.75, 3.05) is 26.7 Å². The third kappa shape index (κ3) is 4.51. The molecular weight excluding hydrogens is 200 g/mol. The molecule has 1 saturated heterocycles. The van der Waals surface area contributed by atoms with Crippen molar-refractivity contribution < 1.29 is 4.74 Å². The van der Waals surface area contributed by atoms with E-state index in [1.807, 2.05) is 13.8 Å². The maximum atomic E-state index is 8.92. The van der Waals surface area contributed by atoms with Gasteiger partial charge in [0.1, 0.15) is 0 Å². The molecule has 0 amide bonds. The van der Waals surface area contributed by atoms with Crippen molar-refractivity contribution in [3.8, 4) is 6.07 Å². The summed E-state index contributed by atoms with van der Waals surface area (Å²) in [5.74, 6) is 0. The van der Waals surface area contributed by atoms with Gasteiger partial charge in [-0.3, -0.25) is 0 Å². The quantitative estimate of drug-likeness (QED) is 0.719. The van der Waals surface area contributed by atoms with Crippen LogP contribution in [0.2, 0.25) is 0 Å². The van der Waals surface area contributed by atoms with Crippen LogP contribution in [-0.4, -0.2) is 37.7 Å². The van der Waals surface area contributed by atoms with E-state index >= 15 is 0 Å². The predicted molar refractivity (Wildman–Crippen MR) is 65.1 cm³/mol. The fraction of sp³-hybridized carbons (Fsp3) is 0.923. The number of rotatable bonds is 5. The first-order valence-electron chi connectivity index (χ1n) is 6.24. The second-order valence-electron chi connectivity index (χ2n) is 5.38. The summed E-state index contributed by atoms with van der Waals surface area (Å²) in [6.07, 6.45) is 4.88. The third-order valence-corrected chi connectivity index (χ3v) is 3.45. The lowest BCUT2D eigenvalue weighted by Gasteiger charge is -2.31.